The van der Waals surface area contributed by atoms with E-state index in [1.807, 2.05) is 24.3 Å². The van der Waals surface area contributed by atoms with Crippen LogP contribution in [0.25, 0.3) is 16.5 Å². The summed E-state index contributed by atoms with van der Waals surface area (Å²) in [5.41, 5.74) is 3.20. The monoisotopic (exact) mass is 414 g/mol. The molecule has 0 spiro atoms. The number of hydrogen-bond acceptors (Lipinski definition) is 3. The fourth-order valence-corrected chi connectivity index (χ4v) is 3.94. The number of rotatable bonds is 2. The van der Waals surface area contributed by atoms with E-state index >= 15 is 0 Å². The van der Waals surface area contributed by atoms with Gasteiger partial charge in [-0.15, -0.1) is 0 Å². The molecule has 5 nitrogen and oxygen atoms in total. The van der Waals surface area contributed by atoms with E-state index in [0.29, 0.717) is 34.8 Å². The molecule has 1 aromatic heterocycles. The molecule has 1 aliphatic rings. The lowest BCUT2D eigenvalue weighted by atomic mass is 10.0. The van der Waals surface area contributed by atoms with Gasteiger partial charge >= 0.3 is 5.97 Å². The van der Waals surface area contributed by atoms with Crippen molar-refractivity contribution in [2.24, 2.45) is 0 Å². The Hall–Kier alpha value is -2.76. The summed E-state index contributed by atoms with van der Waals surface area (Å²) < 4.78 is 4.96. The summed E-state index contributed by atoms with van der Waals surface area (Å²) in [6, 6.07) is 12.5. The molecule has 28 heavy (non-hydrogen) atoms. The van der Waals surface area contributed by atoms with Gasteiger partial charge in [-0.2, -0.15) is 0 Å². The zero-order valence-electron chi connectivity index (χ0n) is 15.0. The maximum absolute atomic E-state index is 13.1. The summed E-state index contributed by atoms with van der Waals surface area (Å²) >= 11 is 12.1. The molecule has 0 atom stereocenters. The van der Waals surface area contributed by atoms with Crippen molar-refractivity contribution in [1.82, 2.24) is 9.88 Å². The van der Waals surface area contributed by atoms with Gasteiger partial charge in [-0.1, -0.05) is 41.4 Å². The number of H-pyrrole nitrogens is 1. The Morgan fingerprint density at radius 1 is 1.14 bits per heavy atom. The average molecular weight is 415 g/mol. The van der Waals surface area contributed by atoms with Gasteiger partial charge in [0, 0.05) is 28.7 Å². The first kappa shape index (κ1) is 18.6. The Morgan fingerprint density at radius 3 is 2.68 bits per heavy atom. The minimum absolute atomic E-state index is 0.263. The number of carbonyl (C=O) groups excluding carboxylic acids is 2. The Balaban J connectivity index is 1.81. The molecular weight excluding hydrogens is 399 g/mol. The largest absolute Gasteiger partial charge is 0.465 e. The van der Waals surface area contributed by atoms with Crippen LogP contribution in [0.5, 0.6) is 0 Å². The van der Waals surface area contributed by atoms with Crippen LogP contribution in [0.15, 0.2) is 48.7 Å². The van der Waals surface area contributed by atoms with E-state index in [1.54, 1.807) is 12.1 Å². The van der Waals surface area contributed by atoms with E-state index < -0.39 is 5.97 Å². The minimum Gasteiger partial charge on any atom is -0.465 e. The Bertz CT molecular complexity index is 1130. The van der Waals surface area contributed by atoms with Gasteiger partial charge in [0.05, 0.1) is 29.0 Å². The van der Waals surface area contributed by atoms with Crippen molar-refractivity contribution in [2.45, 2.75) is 6.42 Å². The van der Waals surface area contributed by atoms with Crippen molar-refractivity contribution in [2.75, 3.05) is 13.7 Å². The first-order valence-electron chi connectivity index (χ1n) is 8.65. The number of hydrogen-bond donors (Lipinski definition) is 1. The first-order valence-corrected chi connectivity index (χ1v) is 9.41. The molecule has 2 aromatic carbocycles. The lowest BCUT2D eigenvalue weighted by Crippen LogP contribution is -2.28. The van der Waals surface area contributed by atoms with Crippen LogP contribution in [0.1, 0.15) is 21.6 Å². The number of methoxy groups -OCH3 is 1. The highest BCUT2D eigenvalue weighted by molar-refractivity contribution is 6.36. The fraction of sp³-hybridized carbons (Fsp3) is 0.143. The number of halogens is 2. The highest BCUT2D eigenvalue weighted by Gasteiger charge is 2.28. The number of ether oxygens (including phenoxy) is 1. The van der Waals surface area contributed by atoms with Gasteiger partial charge in [-0.3, -0.25) is 4.79 Å². The molecule has 0 fully saturated rings. The number of carbonyl (C=O) groups is 2. The molecule has 1 N–H and O–H groups in total. The number of esters is 1. The van der Waals surface area contributed by atoms with Crippen LogP contribution in [-0.4, -0.2) is 35.4 Å². The Morgan fingerprint density at radius 2 is 1.93 bits per heavy atom. The number of fused-ring (bicyclic) bond motifs is 3. The van der Waals surface area contributed by atoms with Gasteiger partial charge in [0.15, 0.2) is 0 Å². The molecule has 0 aliphatic carbocycles. The quantitative estimate of drug-likeness (QED) is 0.618. The molecule has 3 aromatic rings. The number of amides is 1. The number of aromatic nitrogens is 1. The molecule has 0 saturated carbocycles. The van der Waals surface area contributed by atoms with Crippen LogP contribution in [-0.2, 0) is 16.0 Å². The van der Waals surface area contributed by atoms with Gasteiger partial charge in [-0.25, -0.2) is 4.79 Å². The number of nitrogens with zero attached hydrogens (tertiary/aromatic N) is 1. The van der Waals surface area contributed by atoms with Gasteiger partial charge in [0.1, 0.15) is 0 Å². The third kappa shape index (κ3) is 3.17. The second kappa shape index (κ2) is 7.34. The molecule has 0 unspecified atom stereocenters. The van der Waals surface area contributed by atoms with Crippen molar-refractivity contribution in [1.29, 1.82) is 0 Å². The molecular formula is C21H16Cl2N2O3. The van der Waals surface area contributed by atoms with Crippen molar-refractivity contribution < 1.29 is 14.3 Å². The van der Waals surface area contributed by atoms with Crippen LogP contribution in [0.3, 0.4) is 0 Å². The van der Waals surface area contributed by atoms with Gasteiger partial charge < -0.3 is 14.6 Å². The molecule has 4 rings (SSSR count). The summed E-state index contributed by atoms with van der Waals surface area (Å²) in [5, 5.41) is 1.73. The minimum atomic E-state index is -0.519. The average Bonchev–Trinajstić information content (AvgIpc) is 2.94. The van der Waals surface area contributed by atoms with Crippen molar-refractivity contribution >= 4 is 51.6 Å². The van der Waals surface area contributed by atoms with E-state index in [-0.39, 0.29) is 10.9 Å². The highest BCUT2D eigenvalue weighted by Crippen LogP contribution is 2.32. The second-order valence-electron chi connectivity index (χ2n) is 6.43. The predicted molar refractivity (Wildman–Crippen MR) is 109 cm³/mol. The molecule has 1 aliphatic heterocycles. The van der Waals surface area contributed by atoms with E-state index in [0.717, 1.165) is 16.5 Å². The molecule has 142 valence electrons. The SMILES string of the molecule is COC(=O)C1=CN(C(=O)c2ccc(Cl)cc2Cl)CCc2c1[nH]c1ccccc21. The number of nitrogens with one attached hydrogen (secondary N) is 1. The summed E-state index contributed by atoms with van der Waals surface area (Å²) in [6.45, 7) is 0.396. The van der Waals surface area contributed by atoms with Crippen molar-refractivity contribution in [3.63, 3.8) is 0 Å². The van der Waals surface area contributed by atoms with Crippen LogP contribution < -0.4 is 0 Å². The van der Waals surface area contributed by atoms with Crippen molar-refractivity contribution in [3.8, 4) is 0 Å². The summed E-state index contributed by atoms with van der Waals surface area (Å²) in [5.74, 6) is -0.827. The van der Waals surface area contributed by atoms with E-state index in [4.69, 9.17) is 27.9 Å². The van der Waals surface area contributed by atoms with Gasteiger partial charge in [-0.05, 0) is 36.2 Å². The summed E-state index contributed by atoms with van der Waals surface area (Å²) in [6.07, 6.45) is 2.10. The van der Waals surface area contributed by atoms with Crippen LogP contribution in [0.2, 0.25) is 10.0 Å². The third-order valence-corrected chi connectivity index (χ3v) is 5.35. The smallest absolute Gasteiger partial charge is 0.341 e. The molecule has 7 heteroatoms. The molecule has 1 amide bonds. The summed E-state index contributed by atoms with van der Waals surface area (Å²) in [7, 11) is 1.32. The van der Waals surface area contributed by atoms with E-state index in [2.05, 4.69) is 4.98 Å². The van der Waals surface area contributed by atoms with Crippen LogP contribution in [0, 0.1) is 0 Å². The lowest BCUT2D eigenvalue weighted by Gasteiger charge is -2.18. The zero-order chi connectivity index (χ0) is 19.8. The van der Waals surface area contributed by atoms with Crippen LogP contribution in [0.4, 0.5) is 0 Å². The maximum atomic E-state index is 13.1. The van der Waals surface area contributed by atoms with Gasteiger partial charge in [0.25, 0.3) is 5.91 Å². The highest BCUT2D eigenvalue weighted by atomic mass is 35.5. The van der Waals surface area contributed by atoms with Gasteiger partial charge in [0.2, 0.25) is 0 Å². The van der Waals surface area contributed by atoms with E-state index in [9.17, 15) is 9.59 Å². The lowest BCUT2D eigenvalue weighted by molar-refractivity contribution is -0.133. The van der Waals surface area contributed by atoms with E-state index in [1.165, 1.54) is 24.3 Å². The first-order chi connectivity index (χ1) is 13.5. The molecule has 0 saturated heterocycles. The molecule has 0 radical (unpaired) electrons. The standard InChI is InChI=1S/C21H16Cl2N2O3/c1-28-21(27)16-11-25(20(26)15-7-6-12(22)10-17(15)23)9-8-14-13-4-2-3-5-18(13)24-19(14)16/h2-7,10-11,24H,8-9H2,1H3. The predicted octanol–water partition coefficient (Wildman–Crippen LogP) is 4.69. The molecule has 0 bridgehead atoms. The fourth-order valence-electron chi connectivity index (χ4n) is 3.45. The summed E-state index contributed by atoms with van der Waals surface area (Å²) in [4.78, 5) is 30.3. The normalized spacial score (nSPS) is 13.7. The van der Waals surface area contributed by atoms with Crippen LogP contribution >= 0.6 is 23.2 Å². The topological polar surface area (TPSA) is 62.4 Å². The Kier molecular flexibility index (Phi) is 4.87. The zero-order valence-corrected chi connectivity index (χ0v) is 16.5. The van der Waals surface area contributed by atoms with Crippen molar-refractivity contribution in [3.05, 3.63) is 75.5 Å². The molecule has 2 heterocycles. The number of benzene rings is 2. The third-order valence-electron chi connectivity index (χ3n) is 4.80. The second-order valence-corrected chi connectivity index (χ2v) is 7.27. The Labute approximate surface area is 171 Å². The number of para-hydroxylation sites is 1. The number of aromatic amines is 1. The maximum Gasteiger partial charge on any atom is 0.341 e.